The van der Waals surface area contributed by atoms with Crippen LogP contribution in [-0.2, 0) is 10.2 Å². The van der Waals surface area contributed by atoms with E-state index in [1.165, 1.54) is 18.6 Å². The summed E-state index contributed by atoms with van der Waals surface area (Å²) >= 11 is 1.90. The minimum absolute atomic E-state index is 0. The molecule has 6 heteroatoms. The molecule has 1 amide bonds. The molecule has 2 fully saturated rings. The van der Waals surface area contributed by atoms with Crippen LogP contribution in [0.2, 0.25) is 0 Å². The number of benzene rings is 1. The van der Waals surface area contributed by atoms with E-state index in [2.05, 4.69) is 10.6 Å². The van der Waals surface area contributed by atoms with Crippen molar-refractivity contribution in [1.82, 2.24) is 10.6 Å². The normalized spacial score (nSPS) is 22.6. The fourth-order valence-electron chi connectivity index (χ4n) is 3.29. The Labute approximate surface area is 147 Å². The number of rotatable bonds is 5. The van der Waals surface area contributed by atoms with Gasteiger partial charge in [0.15, 0.2) is 0 Å². The van der Waals surface area contributed by atoms with E-state index in [0.29, 0.717) is 19.0 Å². The molecule has 0 aromatic heterocycles. The first-order chi connectivity index (χ1) is 10.7. The molecule has 1 aliphatic heterocycles. The number of amides is 1. The Morgan fingerprint density at radius 1 is 1.35 bits per heavy atom. The highest BCUT2D eigenvalue weighted by molar-refractivity contribution is 7.99. The third-order valence-corrected chi connectivity index (χ3v) is 5.95. The van der Waals surface area contributed by atoms with Crippen molar-refractivity contribution >= 4 is 30.1 Å². The highest BCUT2D eigenvalue weighted by Gasteiger charge is 2.38. The first-order valence-electron chi connectivity index (χ1n) is 8.02. The molecule has 1 heterocycles. The molecule has 128 valence electrons. The van der Waals surface area contributed by atoms with E-state index >= 15 is 0 Å². The van der Waals surface area contributed by atoms with Crippen LogP contribution >= 0.6 is 24.2 Å². The lowest BCUT2D eigenvalue weighted by molar-refractivity contribution is -0.121. The molecule has 2 aliphatic rings. The van der Waals surface area contributed by atoms with E-state index in [9.17, 15) is 9.18 Å². The van der Waals surface area contributed by atoms with Gasteiger partial charge in [-0.3, -0.25) is 4.79 Å². The first kappa shape index (κ1) is 18.6. The van der Waals surface area contributed by atoms with Crippen LogP contribution in [0.1, 0.15) is 31.2 Å². The Kier molecular flexibility index (Phi) is 6.74. The van der Waals surface area contributed by atoms with E-state index in [-0.39, 0.29) is 29.5 Å². The molecule has 1 atom stereocenters. The van der Waals surface area contributed by atoms with Crippen LogP contribution in [0.15, 0.2) is 24.3 Å². The van der Waals surface area contributed by atoms with E-state index in [1.807, 2.05) is 23.9 Å². The Balaban J connectivity index is 0.00000192. The second kappa shape index (κ2) is 8.36. The molecule has 1 aromatic carbocycles. The van der Waals surface area contributed by atoms with Gasteiger partial charge < -0.3 is 10.6 Å². The lowest BCUT2D eigenvalue weighted by Crippen LogP contribution is -2.47. The van der Waals surface area contributed by atoms with E-state index < -0.39 is 0 Å². The van der Waals surface area contributed by atoms with Gasteiger partial charge in [0.2, 0.25) is 5.91 Å². The van der Waals surface area contributed by atoms with Gasteiger partial charge in [-0.1, -0.05) is 18.6 Å². The molecule has 1 saturated heterocycles. The molecule has 0 radical (unpaired) electrons. The summed E-state index contributed by atoms with van der Waals surface area (Å²) in [5.41, 5.74) is 1.16. The lowest BCUT2D eigenvalue weighted by atomic mass is 9.64. The van der Waals surface area contributed by atoms with Crippen LogP contribution in [0.25, 0.3) is 0 Å². The van der Waals surface area contributed by atoms with Crippen LogP contribution in [-0.4, -0.2) is 36.5 Å². The highest BCUT2D eigenvalue weighted by Crippen LogP contribution is 2.43. The third-order valence-electron chi connectivity index (χ3n) is 4.82. The predicted octanol–water partition coefficient (Wildman–Crippen LogP) is 2.88. The van der Waals surface area contributed by atoms with Crippen molar-refractivity contribution in [3.63, 3.8) is 0 Å². The topological polar surface area (TPSA) is 41.1 Å². The minimum Gasteiger partial charge on any atom is -0.355 e. The zero-order chi connectivity index (χ0) is 15.4. The largest absolute Gasteiger partial charge is 0.355 e. The number of hydrogen-bond acceptors (Lipinski definition) is 3. The van der Waals surface area contributed by atoms with E-state index in [1.54, 1.807) is 0 Å². The average Bonchev–Trinajstić information content (AvgIpc) is 2.49. The van der Waals surface area contributed by atoms with Gasteiger partial charge in [-0.15, -0.1) is 12.4 Å². The summed E-state index contributed by atoms with van der Waals surface area (Å²) < 4.78 is 13.1. The minimum atomic E-state index is -0.205. The Morgan fingerprint density at radius 2 is 2.09 bits per heavy atom. The SMILES string of the molecule is Cl.O=C(CC1CSCCN1)NCC1(c2ccc(F)cc2)CCC1. The van der Waals surface area contributed by atoms with Crippen LogP contribution in [0.4, 0.5) is 4.39 Å². The molecular formula is C17H24ClFN2OS. The summed E-state index contributed by atoms with van der Waals surface area (Å²) in [7, 11) is 0. The molecule has 23 heavy (non-hydrogen) atoms. The van der Waals surface area contributed by atoms with Gasteiger partial charge >= 0.3 is 0 Å². The summed E-state index contributed by atoms with van der Waals surface area (Å²) in [6, 6.07) is 7.04. The van der Waals surface area contributed by atoms with Crippen molar-refractivity contribution in [2.45, 2.75) is 37.1 Å². The number of halogens is 2. The maximum atomic E-state index is 13.1. The first-order valence-corrected chi connectivity index (χ1v) is 9.17. The second-order valence-corrected chi connectivity index (χ2v) is 7.50. The molecule has 1 aromatic rings. The number of hydrogen-bond donors (Lipinski definition) is 2. The molecule has 3 nitrogen and oxygen atoms in total. The fraction of sp³-hybridized carbons (Fsp3) is 0.588. The molecule has 0 bridgehead atoms. The standard InChI is InChI=1S/C17H23FN2OS.ClH/c18-14-4-2-13(3-5-14)17(6-1-7-17)12-20-16(21)10-15-11-22-9-8-19-15;/h2-5,15,19H,1,6-12H2,(H,20,21);1H. The Hall–Kier alpha value is -0.780. The van der Waals surface area contributed by atoms with Crippen LogP contribution in [0.3, 0.4) is 0 Å². The van der Waals surface area contributed by atoms with Crippen molar-refractivity contribution in [1.29, 1.82) is 0 Å². The van der Waals surface area contributed by atoms with Crippen molar-refractivity contribution in [3.8, 4) is 0 Å². The van der Waals surface area contributed by atoms with E-state index in [0.717, 1.165) is 36.5 Å². The maximum Gasteiger partial charge on any atom is 0.221 e. The van der Waals surface area contributed by atoms with Crippen molar-refractivity contribution in [2.24, 2.45) is 0 Å². The molecule has 1 unspecified atom stereocenters. The molecular weight excluding hydrogens is 335 g/mol. The maximum absolute atomic E-state index is 13.1. The van der Waals surface area contributed by atoms with Crippen molar-refractivity contribution in [3.05, 3.63) is 35.6 Å². The van der Waals surface area contributed by atoms with Gasteiger partial charge in [-0.2, -0.15) is 11.8 Å². The average molecular weight is 359 g/mol. The molecule has 0 spiro atoms. The van der Waals surface area contributed by atoms with Crippen molar-refractivity contribution in [2.75, 3.05) is 24.6 Å². The number of thioether (sulfide) groups is 1. The summed E-state index contributed by atoms with van der Waals surface area (Å²) in [6.07, 6.45) is 3.85. The fourth-order valence-corrected chi connectivity index (χ4v) is 4.24. The molecule has 2 N–H and O–H groups in total. The molecule has 1 saturated carbocycles. The predicted molar refractivity (Wildman–Crippen MR) is 95.9 cm³/mol. The van der Waals surface area contributed by atoms with Gasteiger partial charge in [-0.25, -0.2) is 4.39 Å². The van der Waals surface area contributed by atoms with Gasteiger partial charge in [0.1, 0.15) is 5.82 Å². The molecule has 3 rings (SSSR count). The van der Waals surface area contributed by atoms with Gasteiger partial charge in [0.25, 0.3) is 0 Å². The van der Waals surface area contributed by atoms with E-state index in [4.69, 9.17) is 0 Å². The van der Waals surface area contributed by atoms with Crippen LogP contribution < -0.4 is 10.6 Å². The van der Waals surface area contributed by atoms with Crippen molar-refractivity contribution < 1.29 is 9.18 Å². The zero-order valence-corrected chi connectivity index (χ0v) is 14.8. The van der Waals surface area contributed by atoms with Crippen LogP contribution in [0.5, 0.6) is 0 Å². The van der Waals surface area contributed by atoms with Gasteiger partial charge in [0.05, 0.1) is 0 Å². The summed E-state index contributed by atoms with van der Waals surface area (Å²) in [5.74, 6) is 2.05. The lowest BCUT2D eigenvalue weighted by Gasteiger charge is -2.42. The Bertz CT molecular complexity index is 516. The summed E-state index contributed by atoms with van der Waals surface area (Å²) in [4.78, 5) is 12.2. The number of carbonyl (C=O) groups is 1. The smallest absolute Gasteiger partial charge is 0.221 e. The number of nitrogens with one attached hydrogen (secondary N) is 2. The quantitative estimate of drug-likeness (QED) is 0.850. The van der Waals surface area contributed by atoms with Crippen LogP contribution in [0, 0.1) is 5.82 Å². The van der Waals surface area contributed by atoms with Gasteiger partial charge in [0, 0.05) is 42.5 Å². The third kappa shape index (κ3) is 4.61. The number of carbonyl (C=O) groups excluding carboxylic acids is 1. The summed E-state index contributed by atoms with van der Waals surface area (Å²) in [6.45, 7) is 1.65. The zero-order valence-electron chi connectivity index (χ0n) is 13.1. The Morgan fingerprint density at radius 3 is 2.65 bits per heavy atom. The monoisotopic (exact) mass is 358 g/mol. The molecule has 1 aliphatic carbocycles. The van der Waals surface area contributed by atoms with Gasteiger partial charge in [-0.05, 0) is 30.5 Å². The second-order valence-electron chi connectivity index (χ2n) is 6.35. The summed E-state index contributed by atoms with van der Waals surface area (Å²) in [5, 5.41) is 6.49. The highest BCUT2D eigenvalue weighted by atomic mass is 35.5.